The number of amides is 1. The number of carbonyl (C=O) groups excluding carboxylic acids is 2. The summed E-state index contributed by atoms with van der Waals surface area (Å²) in [5.41, 5.74) is 3.23. The number of carbonyl (C=O) groups is 2. The Morgan fingerprint density at radius 2 is 1.92 bits per heavy atom. The van der Waals surface area contributed by atoms with Crippen LogP contribution in [0.3, 0.4) is 0 Å². The van der Waals surface area contributed by atoms with Crippen LogP contribution in [0.5, 0.6) is 11.5 Å². The van der Waals surface area contributed by atoms with Crippen molar-refractivity contribution in [3.63, 3.8) is 0 Å². The molecule has 2 aromatic rings. The summed E-state index contributed by atoms with van der Waals surface area (Å²) >= 11 is 0. The van der Waals surface area contributed by atoms with Crippen molar-refractivity contribution in [2.45, 2.75) is 19.3 Å². The van der Waals surface area contributed by atoms with E-state index < -0.39 is 18.5 Å². The van der Waals surface area contributed by atoms with E-state index in [4.69, 9.17) is 9.47 Å². The summed E-state index contributed by atoms with van der Waals surface area (Å²) in [6, 6.07) is 10.0. The van der Waals surface area contributed by atoms with Gasteiger partial charge in [-0.25, -0.2) is 4.79 Å². The predicted octanol–water partition coefficient (Wildman–Crippen LogP) is 2.69. The zero-order valence-corrected chi connectivity index (χ0v) is 13.9. The number of phenolic OH excluding ortho intramolecular Hbond substituents is 1. The number of phenols is 1. The molecule has 6 heteroatoms. The lowest BCUT2D eigenvalue weighted by Gasteiger charge is -2.09. The Bertz CT molecular complexity index is 815. The maximum Gasteiger partial charge on any atom is 0.342 e. The monoisotopic (exact) mass is 341 g/mol. The average molecular weight is 341 g/mol. The number of rotatable bonds is 5. The number of ether oxygens (including phenoxy) is 2. The summed E-state index contributed by atoms with van der Waals surface area (Å²) < 4.78 is 9.91. The number of hydrogen-bond donors (Lipinski definition) is 2. The van der Waals surface area contributed by atoms with Crippen molar-refractivity contribution in [2.24, 2.45) is 0 Å². The molecule has 0 heterocycles. The molecule has 0 bridgehead atoms. The minimum atomic E-state index is -0.774. The van der Waals surface area contributed by atoms with E-state index in [1.54, 1.807) is 0 Å². The predicted molar refractivity (Wildman–Crippen MR) is 92.0 cm³/mol. The minimum absolute atomic E-state index is 0.0221. The molecular formula is C19H19NO5. The van der Waals surface area contributed by atoms with Gasteiger partial charge >= 0.3 is 5.97 Å². The molecule has 6 nitrogen and oxygen atoms in total. The number of benzene rings is 2. The molecule has 0 fully saturated rings. The van der Waals surface area contributed by atoms with Crippen molar-refractivity contribution in [1.29, 1.82) is 0 Å². The van der Waals surface area contributed by atoms with Crippen LogP contribution >= 0.6 is 0 Å². The maximum atomic E-state index is 12.0. The van der Waals surface area contributed by atoms with Gasteiger partial charge in [0.05, 0.1) is 7.11 Å². The SMILES string of the molecule is COc1ccc(C(=O)OCC(=O)Nc2ccc3c(c2)CCC3)c(O)c1. The van der Waals surface area contributed by atoms with Crippen LogP contribution in [0.25, 0.3) is 0 Å². The molecule has 0 atom stereocenters. The minimum Gasteiger partial charge on any atom is -0.507 e. The van der Waals surface area contributed by atoms with Crippen LogP contribution in [0.15, 0.2) is 36.4 Å². The smallest absolute Gasteiger partial charge is 0.342 e. The topological polar surface area (TPSA) is 84.9 Å². The normalized spacial score (nSPS) is 12.4. The number of nitrogens with one attached hydrogen (secondary N) is 1. The number of hydrogen-bond acceptors (Lipinski definition) is 5. The highest BCUT2D eigenvalue weighted by atomic mass is 16.5. The molecule has 1 amide bonds. The average Bonchev–Trinajstić information content (AvgIpc) is 3.07. The lowest BCUT2D eigenvalue weighted by Crippen LogP contribution is -2.21. The van der Waals surface area contributed by atoms with E-state index >= 15 is 0 Å². The first-order chi connectivity index (χ1) is 12.1. The van der Waals surface area contributed by atoms with Crippen molar-refractivity contribution in [2.75, 3.05) is 19.0 Å². The van der Waals surface area contributed by atoms with Crippen LogP contribution in [-0.2, 0) is 22.4 Å². The van der Waals surface area contributed by atoms with Gasteiger partial charge in [-0.15, -0.1) is 0 Å². The van der Waals surface area contributed by atoms with E-state index in [2.05, 4.69) is 5.32 Å². The molecule has 0 spiro atoms. The molecule has 0 radical (unpaired) electrons. The second kappa shape index (κ2) is 7.25. The number of aryl methyl sites for hydroxylation is 2. The number of methoxy groups -OCH3 is 1. The number of anilines is 1. The van der Waals surface area contributed by atoms with Gasteiger partial charge in [-0.2, -0.15) is 0 Å². The van der Waals surface area contributed by atoms with Gasteiger partial charge < -0.3 is 19.9 Å². The standard InChI is InChI=1S/C19H19NO5/c1-24-15-7-8-16(17(21)10-15)19(23)25-11-18(22)20-14-6-5-12-3-2-4-13(12)9-14/h5-10,21H,2-4,11H2,1H3,(H,20,22). The van der Waals surface area contributed by atoms with Gasteiger partial charge in [0.25, 0.3) is 5.91 Å². The second-order valence-electron chi connectivity index (χ2n) is 5.84. The first kappa shape index (κ1) is 16.8. The third kappa shape index (κ3) is 3.91. The summed E-state index contributed by atoms with van der Waals surface area (Å²) in [5.74, 6) is -1.05. The Morgan fingerprint density at radius 1 is 1.12 bits per heavy atom. The highest BCUT2D eigenvalue weighted by Gasteiger charge is 2.16. The van der Waals surface area contributed by atoms with E-state index in [1.165, 1.54) is 36.4 Å². The number of esters is 1. The molecule has 25 heavy (non-hydrogen) atoms. The largest absolute Gasteiger partial charge is 0.507 e. The Balaban J connectivity index is 1.56. The van der Waals surface area contributed by atoms with Gasteiger partial charge in [-0.1, -0.05) is 6.07 Å². The van der Waals surface area contributed by atoms with Gasteiger partial charge in [0, 0.05) is 11.8 Å². The summed E-state index contributed by atoms with van der Waals surface area (Å²) in [6.07, 6.45) is 3.23. The molecular weight excluding hydrogens is 322 g/mol. The van der Waals surface area contributed by atoms with Crippen molar-refractivity contribution in [3.05, 3.63) is 53.1 Å². The Kier molecular flexibility index (Phi) is 4.88. The third-order valence-corrected chi connectivity index (χ3v) is 4.14. The zero-order valence-electron chi connectivity index (χ0n) is 13.9. The van der Waals surface area contributed by atoms with Crippen molar-refractivity contribution >= 4 is 17.6 Å². The summed E-state index contributed by atoms with van der Waals surface area (Å²) in [5, 5.41) is 12.5. The van der Waals surface area contributed by atoms with E-state index in [9.17, 15) is 14.7 Å². The zero-order chi connectivity index (χ0) is 17.8. The third-order valence-electron chi connectivity index (χ3n) is 4.14. The summed E-state index contributed by atoms with van der Waals surface area (Å²) in [4.78, 5) is 23.9. The van der Waals surface area contributed by atoms with Crippen LogP contribution in [0.1, 0.15) is 27.9 Å². The van der Waals surface area contributed by atoms with Crippen molar-refractivity contribution < 1.29 is 24.2 Å². The second-order valence-corrected chi connectivity index (χ2v) is 5.84. The van der Waals surface area contributed by atoms with Crippen molar-refractivity contribution in [3.8, 4) is 11.5 Å². The summed E-state index contributed by atoms with van der Waals surface area (Å²) in [6.45, 7) is -0.429. The Labute approximate surface area is 145 Å². The van der Waals surface area contributed by atoms with E-state index in [-0.39, 0.29) is 11.3 Å². The lowest BCUT2D eigenvalue weighted by atomic mass is 10.1. The van der Waals surface area contributed by atoms with Gasteiger partial charge in [0.2, 0.25) is 0 Å². The van der Waals surface area contributed by atoms with Crippen LogP contribution in [0, 0.1) is 0 Å². The number of aromatic hydroxyl groups is 1. The fourth-order valence-electron chi connectivity index (χ4n) is 2.87. The maximum absolute atomic E-state index is 12.0. The van der Waals surface area contributed by atoms with Crippen LogP contribution in [0.4, 0.5) is 5.69 Å². The first-order valence-electron chi connectivity index (χ1n) is 8.02. The van der Waals surface area contributed by atoms with E-state index in [1.807, 2.05) is 18.2 Å². The highest BCUT2D eigenvalue weighted by Crippen LogP contribution is 2.25. The Hall–Kier alpha value is -3.02. The molecule has 130 valence electrons. The van der Waals surface area contributed by atoms with Gasteiger partial charge in [0.15, 0.2) is 6.61 Å². The first-order valence-corrected chi connectivity index (χ1v) is 8.02. The molecule has 0 aromatic heterocycles. The van der Waals surface area contributed by atoms with Crippen molar-refractivity contribution in [1.82, 2.24) is 0 Å². The molecule has 0 saturated carbocycles. The van der Waals surface area contributed by atoms with E-state index in [0.29, 0.717) is 11.4 Å². The van der Waals surface area contributed by atoms with E-state index in [0.717, 1.165) is 19.3 Å². The quantitative estimate of drug-likeness (QED) is 0.817. The molecule has 0 unspecified atom stereocenters. The van der Waals surface area contributed by atoms with Gasteiger partial charge in [-0.05, 0) is 54.7 Å². The number of fused-ring (bicyclic) bond motifs is 1. The molecule has 3 rings (SSSR count). The van der Waals surface area contributed by atoms with Crippen LogP contribution < -0.4 is 10.1 Å². The molecule has 0 saturated heterocycles. The van der Waals surface area contributed by atoms with Gasteiger partial charge in [-0.3, -0.25) is 4.79 Å². The molecule has 2 N–H and O–H groups in total. The molecule has 0 aliphatic heterocycles. The fourth-order valence-corrected chi connectivity index (χ4v) is 2.87. The van der Waals surface area contributed by atoms with Crippen LogP contribution in [-0.4, -0.2) is 30.7 Å². The highest BCUT2D eigenvalue weighted by molar-refractivity contribution is 5.96. The fraction of sp³-hybridized carbons (Fsp3) is 0.263. The summed E-state index contributed by atoms with van der Waals surface area (Å²) in [7, 11) is 1.45. The van der Waals surface area contributed by atoms with Crippen LogP contribution in [0.2, 0.25) is 0 Å². The molecule has 1 aliphatic carbocycles. The molecule has 1 aliphatic rings. The lowest BCUT2D eigenvalue weighted by molar-refractivity contribution is -0.119. The van der Waals surface area contributed by atoms with Gasteiger partial charge in [0.1, 0.15) is 17.1 Å². The molecule has 2 aromatic carbocycles. The Morgan fingerprint density at radius 3 is 2.68 bits per heavy atom.